The Balaban J connectivity index is 1.67. The third-order valence-corrected chi connectivity index (χ3v) is 7.15. The molecule has 1 amide bonds. The molecule has 10 heteroatoms. The van der Waals surface area contributed by atoms with Gasteiger partial charge in [-0.3, -0.25) is 4.79 Å². The Kier molecular flexibility index (Phi) is 7.30. The molecule has 0 atom stereocenters. The van der Waals surface area contributed by atoms with E-state index in [2.05, 4.69) is 5.32 Å². The summed E-state index contributed by atoms with van der Waals surface area (Å²) in [6.45, 7) is 2.55. The predicted molar refractivity (Wildman–Crippen MR) is 118 cm³/mol. The fourth-order valence-corrected chi connectivity index (χ4v) is 5.14. The summed E-state index contributed by atoms with van der Waals surface area (Å²) in [6.07, 6.45) is 1.75. The number of nitrogens with one attached hydrogen (secondary N) is 1. The molecule has 0 spiro atoms. The number of nitrogens with zero attached hydrogens (tertiary/aromatic N) is 1. The van der Waals surface area contributed by atoms with Gasteiger partial charge in [-0.25, -0.2) is 8.42 Å². The lowest BCUT2D eigenvalue weighted by Crippen LogP contribution is -2.27. The number of methoxy groups -OCH3 is 2. The third kappa shape index (κ3) is 5.23. The molecule has 2 aromatic rings. The summed E-state index contributed by atoms with van der Waals surface area (Å²) < 4.78 is 42.9. The van der Waals surface area contributed by atoms with Crippen molar-refractivity contribution in [1.29, 1.82) is 0 Å². The van der Waals surface area contributed by atoms with Crippen LogP contribution in [0.5, 0.6) is 17.2 Å². The van der Waals surface area contributed by atoms with Gasteiger partial charge in [0.2, 0.25) is 10.0 Å². The van der Waals surface area contributed by atoms with E-state index < -0.39 is 15.9 Å². The number of sulfonamides is 1. The average molecular weight is 469 g/mol. The number of hydrogen-bond donors (Lipinski definition) is 1. The molecule has 0 saturated carbocycles. The number of ether oxygens (including phenoxy) is 3. The molecule has 0 aliphatic carbocycles. The van der Waals surface area contributed by atoms with Crippen molar-refractivity contribution >= 4 is 33.2 Å². The lowest BCUT2D eigenvalue weighted by atomic mass is 10.2. The van der Waals surface area contributed by atoms with Crippen LogP contribution in [-0.2, 0) is 14.8 Å². The second kappa shape index (κ2) is 9.76. The molecule has 0 radical (unpaired) electrons. The van der Waals surface area contributed by atoms with Gasteiger partial charge in [-0.15, -0.1) is 0 Å². The molecule has 3 rings (SSSR count). The fraction of sp³-hybridized carbons (Fsp3) is 0.381. The molecule has 31 heavy (non-hydrogen) atoms. The Labute approximate surface area is 187 Å². The van der Waals surface area contributed by atoms with Crippen molar-refractivity contribution in [3.8, 4) is 17.2 Å². The topological polar surface area (TPSA) is 94.2 Å². The van der Waals surface area contributed by atoms with E-state index in [1.54, 1.807) is 31.2 Å². The first kappa shape index (κ1) is 23.2. The minimum Gasteiger partial charge on any atom is -0.495 e. The van der Waals surface area contributed by atoms with Crippen molar-refractivity contribution in [3.05, 3.63) is 40.9 Å². The number of aryl methyl sites for hydroxylation is 1. The molecule has 1 N–H and O–H groups in total. The Bertz CT molecular complexity index is 1070. The molecule has 0 bridgehead atoms. The van der Waals surface area contributed by atoms with Gasteiger partial charge in [0.15, 0.2) is 6.61 Å². The first-order chi connectivity index (χ1) is 14.8. The van der Waals surface area contributed by atoms with Crippen molar-refractivity contribution in [3.63, 3.8) is 0 Å². The minimum atomic E-state index is -3.51. The van der Waals surface area contributed by atoms with Gasteiger partial charge in [-0.05, 0) is 43.5 Å². The molecular weight excluding hydrogens is 444 g/mol. The summed E-state index contributed by atoms with van der Waals surface area (Å²) in [5, 5.41) is 3.05. The van der Waals surface area contributed by atoms with E-state index in [4.69, 9.17) is 25.8 Å². The zero-order chi connectivity index (χ0) is 22.6. The van der Waals surface area contributed by atoms with Crippen LogP contribution >= 0.6 is 11.6 Å². The number of amides is 1. The highest BCUT2D eigenvalue weighted by Crippen LogP contribution is 2.36. The van der Waals surface area contributed by atoms with E-state index in [1.807, 2.05) is 0 Å². The van der Waals surface area contributed by atoms with E-state index in [-0.39, 0.29) is 11.5 Å². The lowest BCUT2D eigenvalue weighted by Gasteiger charge is -2.17. The summed E-state index contributed by atoms with van der Waals surface area (Å²) in [5.41, 5.74) is 1.01. The molecular formula is C21H25ClN2O6S. The van der Waals surface area contributed by atoms with Gasteiger partial charge in [0.25, 0.3) is 5.91 Å². The average Bonchev–Trinajstić information content (AvgIpc) is 3.29. The summed E-state index contributed by atoms with van der Waals surface area (Å²) in [5.74, 6) is 0.781. The van der Waals surface area contributed by atoms with Gasteiger partial charge in [-0.1, -0.05) is 11.6 Å². The Morgan fingerprint density at radius 3 is 2.35 bits per heavy atom. The zero-order valence-corrected chi connectivity index (χ0v) is 19.2. The van der Waals surface area contributed by atoms with E-state index in [0.29, 0.717) is 46.6 Å². The maximum Gasteiger partial charge on any atom is 0.262 e. The van der Waals surface area contributed by atoms with Crippen molar-refractivity contribution in [2.75, 3.05) is 39.2 Å². The summed E-state index contributed by atoms with van der Waals surface area (Å²) >= 11 is 6.07. The van der Waals surface area contributed by atoms with Gasteiger partial charge in [-0.2, -0.15) is 4.31 Å². The van der Waals surface area contributed by atoms with Crippen LogP contribution in [0.1, 0.15) is 18.4 Å². The maximum absolute atomic E-state index is 12.7. The van der Waals surface area contributed by atoms with Gasteiger partial charge < -0.3 is 19.5 Å². The van der Waals surface area contributed by atoms with Crippen LogP contribution in [0.15, 0.2) is 35.2 Å². The normalized spacial score (nSPS) is 14.3. The smallest absolute Gasteiger partial charge is 0.262 e. The van der Waals surface area contributed by atoms with E-state index in [9.17, 15) is 13.2 Å². The number of hydrogen-bond acceptors (Lipinski definition) is 6. The molecule has 1 aliphatic heterocycles. The van der Waals surface area contributed by atoms with Gasteiger partial charge in [0.1, 0.15) is 17.2 Å². The Morgan fingerprint density at radius 2 is 1.74 bits per heavy atom. The first-order valence-electron chi connectivity index (χ1n) is 9.71. The lowest BCUT2D eigenvalue weighted by molar-refractivity contribution is -0.118. The van der Waals surface area contributed by atoms with Crippen molar-refractivity contribution < 1.29 is 27.4 Å². The molecule has 168 valence electrons. The second-order valence-corrected chi connectivity index (χ2v) is 9.41. The van der Waals surface area contributed by atoms with Gasteiger partial charge in [0, 0.05) is 25.2 Å². The fourth-order valence-electron chi connectivity index (χ4n) is 3.31. The predicted octanol–water partition coefficient (Wildman–Crippen LogP) is 3.47. The third-order valence-electron chi connectivity index (χ3n) is 4.96. The number of benzene rings is 2. The van der Waals surface area contributed by atoms with Gasteiger partial charge >= 0.3 is 0 Å². The summed E-state index contributed by atoms with van der Waals surface area (Å²) in [4.78, 5) is 12.6. The van der Waals surface area contributed by atoms with Crippen LogP contribution in [-0.4, -0.2) is 52.5 Å². The van der Waals surface area contributed by atoms with Crippen LogP contribution in [0.4, 0.5) is 5.69 Å². The number of carbonyl (C=O) groups is 1. The molecule has 8 nitrogen and oxygen atoms in total. The quantitative estimate of drug-likeness (QED) is 0.637. The van der Waals surface area contributed by atoms with Crippen LogP contribution in [0.25, 0.3) is 0 Å². The van der Waals surface area contributed by atoms with Crippen molar-refractivity contribution in [1.82, 2.24) is 4.31 Å². The summed E-state index contributed by atoms with van der Waals surface area (Å²) in [6, 6.07) is 7.73. The molecule has 1 saturated heterocycles. The van der Waals surface area contributed by atoms with Crippen molar-refractivity contribution in [2.45, 2.75) is 24.7 Å². The van der Waals surface area contributed by atoms with Crippen LogP contribution in [0.3, 0.4) is 0 Å². The molecule has 0 aromatic heterocycles. The van der Waals surface area contributed by atoms with E-state index in [1.165, 1.54) is 24.6 Å². The van der Waals surface area contributed by atoms with Crippen LogP contribution in [0, 0.1) is 6.92 Å². The molecule has 1 aliphatic rings. The maximum atomic E-state index is 12.7. The Hall–Kier alpha value is -2.49. The van der Waals surface area contributed by atoms with Gasteiger partial charge in [0.05, 0.1) is 29.8 Å². The zero-order valence-electron chi connectivity index (χ0n) is 17.6. The monoisotopic (exact) mass is 468 g/mol. The van der Waals surface area contributed by atoms with E-state index >= 15 is 0 Å². The molecule has 2 aromatic carbocycles. The number of rotatable bonds is 8. The highest BCUT2D eigenvalue weighted by atomic mass is 35.5. The number of carbonyl (C=O) groups excluding carboxylic acids is 1. The highest BCUT2D eigenvalue weighted by Gasteiger charge is 2.27. The van der Waals surface area contributed by atoms with Crippen LogP contribution < -0.4 is 19.5 Å². The van der Waals surface area contributed by atoms with Crippen LogP contribution in [0.2, 0.25) is 5.02 Å². The number of halogens is 1. The second-order valence-electron chi connectivity index (χ2n) is 7.06. The number of anilines is 1. The van der Waals surface area contributed by atoms with E-state index in [0.717, 1.165) is 12.8 Å². The summed E-state index contributed by atoms with van der Waals surface area (Å²) in [7, 11) is -0.571. The first-order valence-corrected chi connectivity index (χ1v) is 11.5. The van der Waals surface area contributed by atoms with Crippen molar-refractivity contribution in [2.24, 2.45) is 0 Å². The standard InChI is InChI=1S/C21H25ClN2O6S/c1-14-10-15(31(26,27)24-8-4-5-9-24)6-7-18(14)30-13-21(25)23-17-12-19(28-2)16(22)11-20(17)29-3/h6-7,10-12H,4-5,8-9,13H2,1-3H3,(H,23,25). The minimum absolute atomic E-state index is 0.224. The molecule has 1 heterocycles. The largest absolute Gasteiger partial charge is 0.495 e. The SMILES string of the molecule is COc1cc(NC(=O)COc2ccc(S(=O)(=O)N3CCCC3)cc2C)c(OC)cc1Cl. The highest BCUT2D eigenvalue weighted by molar-refractivity contribution is 7.89. The molecule has 0 unspecified atom stereocenters. The molecule has 1 fully saturated rings. The Morgan fingerprint density at radius 1 is 1.06 bits per heavy atom.